The molecule has 1 aliphatic heterocycles. The predicted molar refractivity (Wildman–Crippen MR) is 126 cm³/mol. The van der Waals surface area contributed by atoms with Gasteiger partial charge in [-0.05, 0) is 37.6 Å². The van der Waals surface area contributed by atoms with Gasteiger partial charge in [0.1, 0.15) is 24.3 Å². The van der Waals surface area contributed by atoms with E-state index in [1.54, 1.807) is 7.11 Å². The average Bonchev–Trinajstić information content (AvgIpc) is 3.11. The van der Waals surface area contributed by atoms with Crippen LogP contribution in [0.1, 0.15) is 42.5 Å². The Labute approximate surface area is 194 Å². The number of carbonyl (C=O) groups excluding carboxylic acids is 1. The van der Waals surface area contributed by atoms with Gasteiger partial charge >= 0.3 is 0 Å². The topological polar surface area (TPSA) is 89.6 Å². The number of nitrogens with zero attached hydrogens (tertiary/aromatic N) is 3. The zero-order chi connectivity index (χ0) is 23.5. The molecule has 33 heavy (non-hydrogen) atoms. The molecule has 176 valence electrons. The number of rotatable bonds is 7. The van der Waals surface area contributed by atoms with Crippen LogP contribution in [0.4, 0.5) is 0 Å². The van der Waals surface area contributed by atoms with Gasteiger partial charge in [0.05, 0.1) is 26.7 Å². The lowest BCUT2D eigenvalue weighted by Gasteiger charge is -2.33. The SMILES string of the molecule is COc1ccc2[nH]c(C)c(CC(=O)N3CCOC(COc4cc(C)nc(C(C)C)n4)C3)c2c1. The minimum absolute atomic E-state index is 0.0788. The van der Waals surface area contributed by atoms with Gasteiger partial charge in [-0.2, -0.15) is 4.98 Å². The van der Waals surface area contributed by atoms with Crippen molar-refractivity contribution in [1.29, 1.82) is 0 Å². The highest BCUT2D eigenvalue weighted by Crippen LogP contribution is 2.27. The lowest BCUT2D eigenvalue weighted by Crippen LogP contribution is -2.48. The van der Waals surface area contributed by atoms with Crippen LogP contribution >= 0.6 is 0 Å². The van der Waals surface area contributed by atoms with Gasteiger partial charge in [0.25, 0.3) is 0 Å². The molecule has 1 unspecified atom stereocenters. The summed E-state index contributed by atoms with van der Waals surface area (Å²) in [5, 5.41) is 1.02. The second kappa shape index (κ2) is 9.79. The number of aromatic amines is 1. The van der Waals surface area contributed by atoms with Crippen molar-refractivity contribution in [2.24, 2.45) is 0 Å². The Morgan fingerprint density at radius 3 is 2.85 bits per heavy atom. The Morgan fingerprint density at radius 1 is 1.27 bits per heavy atom. The highest BCUT2D eigenvalue weighted by molar-refractivity contribution is 5.91. The molecule has 1 aliphatic rings. The largest absolute Gasteiger partial charge is 0.497 e. The molecule has 1 fully saturated rings. The van der Waals surface area contributed by atoms with Crippen LogP contribution < -0.4 is 9.47 Å². The molecule has 1 atom stereocenters. The second-order valence-corrected chi connectivity index (χ2v) is 8.82. The van der Waals surface area contributed by atoms with Crippen molar-refractivity contribution >= 4 is 16.8 Å². The molecule has 0 bridgehead atoms. The first-order valence-electron chi connectivity index (χ1n) is 11.4. The third-order valence-electron chi connectivity index (χ3n) is 5.93. The van der Waals surface area contributed by atoms with Crippen molar-refractivity contribution < 1.29 is 19.0 Å². The highest BCUT2D eigenvalue weighted by atomic mass is 16.5. The molecule has 1 aromatic carbocycles. The van der Waals surface area contributed by atoms with Crippen molar-refractivity contribution in [3.8, 4) is 11.6 Å². The molecular weight excluding hydrogens is 420 g/mol. The number of fused-ring (bicyclic) bond motifs is 1. The maximum Gasteiger partial charge on any atom is 0.227 e. The van der Waals surface area contributed by atoms with E-state index in [1.165, 1.54) is 0 Å². The van der Waals surface area contributed by atoms with Crippen LogP contribution in [0, 0.1) is 13.8 Å². The molecule has 2 aromatic heterocycles. The van der Waals surface area contributed by atoms with E-state index in [0.29, 0.717) is 38.6 Å². The maximum absolute atomic E-state index is 13.2. The van der Waals surface area contributed by atoms with E-state index in [4.69, 9.17) is 14.2 Å². The van der Waals surface area contributed by atoms with E-state index in [9.17, 15) is 4.79 Å². The normalized spacial score (nSPS) is 16.4. The third-order valence-corrected chi connectivity index (χ3v) is 5.93. The average molecular weight is 453 g/mol. The summed E-state index contributed by atoms with van der Waals surface area (Å²) in [7, 11) is 1.65. The Kier molecular flexibility index (Phi) is 6.83. The molecule has 1 N–H and O–H groups in total. The number of carbonyl (C=O) groups is 1. The number of benzene rings is 1. The smallest absolute Gasteiger partial charge is 0.227 e. The Bertz CT molecular complexity index is 1140. The lowest BCUT2D eigenvalue weighted by atomic mass is 10.1. The molecule has 4 rings (SSSR count). The van der Waals surface area contributed by atoms with Crippen molar-refractivity contribution in [1.82, 2.24) is 19.9 Å². The van der Waals surface area contributed by atoms with E-state index in [1.807, 2.05) is 43.0 Å². The number of H-pyrrole nitrogens is 1. The molecule has 0 radical (unpaired) electrons. The molecule has 0 spiro atoms. The van der Waals surface area contributed by atoms with Crippen LogP contribution in [0.3, 0.4) is 0 Å². The summed E-state index contributed by atoms with van der Waals surface area (Å²) in [6.45, 7) is 9.92. The Hall–Kier alpha value is -3.13. The fourth-order valence-corrected chi connectivity index (χ4v) is 4.10. The first kappa shape index (κ1) is 23.0. The molecule has 0 saturated carbocycles. The molecule has 3 aromatic rings. The van der Waals surface area contributed by atoms with Crippen LogP contribution in [0.2, 0.25) is 0 Å². The number of amides is 1. The number of methoxy groups -OCH3 is 1. The van der Waals surface area contributed by atoms with Crippen molar-refractivity contribution in [3.63, 3.8) is 0 Å². The predicted octanol–water partition coefficient (Wildman–Crippen LogP) is 3.56. The molecule has 1 saturated heterocycles. The summed E-state index contributed by atoms with van der Waals surface area (Å²) in [6.07, 6.45) is 0.125. The van der Waals surface area contributed by atoms with E-state index < -0.39 is 0 Å². The summed E-state index contributed by atoms with van der Waals surface area (Å²) < 4.78 is 17.1. The van der Waals surface area contributed by atoms with Gasteiger partial charge in [0, 0.05) is 40.8 Å². The van der Waals surface area contributed by atoms with Crippen LogP contribution in [0.25, 0.3) is 10.9 Å². The number of hydrogen-bond acceptors (Lipinski definition) is 6. The Morgan fingerprint density at radius 2 is 2.09 bits per heavy atom. The molecule has 1 amide bonds. The number of nitrogens with one attached hydrogen (secondary N) is 1. The quantitative estimate of drug-likeness (QED) is 0.590. The summed E-state index contributed by atoms with van der Waals surface area (Å²) >= 11 is 0. The molecule has 0 aliphatic carbocycles. The van der Waals surface area contributed by atoms with Crippen LogP contribution in [-0.2, 0) is 16.0 Å². The van der Waals surface area contributed by atoms with E-state index >= 15 is 0 Å². The molecule has 8 nitrogen and oxygen atoms in total. The van der Waals surface area contributed by atoms with Gasteiger partial charge in [0.15, 0.2) is 0 Å². The number of aryl methyl sites for hydroxylation is 2. The summed E-state index contributed by atoms with van der Waals surface area (Å²) in [5.74, 6) is 2.38. The number of aromatic nitrogens is 3. The summed E-state index contributed by atoms with van der Waals surface area (Å²) in [4.78, 5) is 27.3. The van der Waals surface area contributed by atoms with Gasteiger partial charge in [0.2, 0.25) is 11.8 Å². The summed E-state index contributed by atoms with van der Waals surface area (Å²) in [6, 6.07) is 7.70. The van der Waals surface area contributed by atoms with Crippen molar-refractivity contribution in [2.45, 2.75) is 46.1 Å². The standard InChI is InChI=1S/C25H32N4O4/c1-15(2)25-26-16(3)10-23(28-25)33-14-19-13-29(8-9-32-19)24(30)12-20-17(4)27-22-7-6-18(31-5)11-21(20)22/h6-7,10-11,15,19,27H,8-9,12-14H2,1-5H3. The fraction of sp³-hybridized carbons (Fsp3) is 0.480. The van der Waals surface area contributed by atoms with Gasteiger partial charge in [-0.25, -0.2) is 4.98 Å². The van der Waals surface area contributed by atoms with Crippen LogP contribution in [0.15, 0.2) is 24.3 Å². The number of hydrogen-bond donors (Lipinski definition) is 1. The molecule has 8 heteroatoms. The third kappa shape index (κ3) is 5.27. The van der Waals surface area contributed by atoms with Gasteiger partial charge in [-0.15, -0.1) is 0 Å². The first-order valence-corrected chi connectivity index (χ1v) is 11.4. The Balaban J connectivity index is 1.40. The lowest BCUT2D eigenvalue weighted by molar-refractivity contribution is -0.139. The summed E-state index contributed by atoms with van der Waals surface area (Å²) in [5.41, 5.74) is 3.88. The minimum Gasteiger partial charge on any atom is -0.497 e. The maximum atomic E-state index is 13.2. The van der Waals surface area contributed by atoms with Gasteiger partial charge < -0.3 is 24.1 Å². The van der Waals surface area contributed by atoms with Gasteiger partial charge in [-0.3, -0.25) is 4.79 Å². The minimum atomic E-state index is -0.204. The highest BCUT2D eigenvalue weighted by Gasteiger charge is 2.26. The molecular formula is C25H32N4O4. The van der Waals surface area contributed by atoms with Crippen LogP contribution in [0.5, 0.6) is 11.6 Å². The van der Waals surface area contributed by atoms with E-state index in [2.05, 4.69) is 28.8 Å². The van der Waals surface area contributed by atoms with E-state index in [0.717, 1.165) is 39.4 Å². The first-order chi connectivity index (χ1) is 15.8. The van der Waals surface area contributed by atoms with Crippen molar-refractivity contribution in [2.75, 3.05) is 33.4 Å². The van der Waals surface area contributed by atoms with E-state index in [-0.39, 0.29) is 17.9 Å². The monoisotopic (exact) mass is 452 g/mol. The number of ether oxygens (including phenoxy) is 3. The van der Waals surface area contributed by atoms with Crippen molar-refractivity contribution in [3.05, 3.63) is 47.0 Å². The zero-order valence-corrected chi connectivity index (χ0v) is 20.0. The zero-order valence-electron chi connectivity index (χ0n) is 20.0. The van der Waals surface area contributed by atoms with Gasteiger partial charge in [-0.1, -0.05) is 13.8 Å². The number of morpholine rings is 1. The van der Waals surface area contributed by atoms with Crippen LogP contribution in [-0.4, -0.2) is 65.3 Å². The fourth-order valence-electron chi connectivity index (χ4n) is 4.10. The molecule has 3 heterocycles. The second-order valence-electron chi connectivity index (χ2n) is 8.82.